The lowest BCUT2D eigenvalue weighted by atomic mass is 9.98. The first-order valence-corrected chi connectivity index (χ1v) is 6.70. The molecule has 1 fully saturated rings. The van der Waals surface area contributed by atoms with Crippen molar-refractivity contribution in [3.63, 3.8) is 0 Å². The van der Waals surface area contributed by atoms with Crippen molar-refractivity contribution in [2.24, 2.45) is 0 Å². The topological polar surface area (TPSA) is 9.23 Å². The molecule has 0 amide bonds. The van der Waals surface area contributed by atoms with Crippen molar-refractivity contribution in [2.75, 3.05) is 6.61 Å². The van der Waals surface area contributed by atoms with E-state index >= 15 is 0 Å². The molecule has 3 rings (SSSR count). The predicted octanol–water partition coefficient (Wildman–Crippen LogP) is 4.60. The zero-order chi connectivity index (χ0) is 12.2. The van der Waals surface area contributed by atoms with Gasteiger partial charge in [-0.1, -0.05) is 54.6 Å². The summed E-state index contributed by atoms with van der Waals surface area (Å²) in [5.41, 5.74) is 3.86. The van der Waals surface area contributed by atoms with Gasteiger partial charge in [-0.15, -0.1) is 0 Å². The number of hydrogen-bond acceptors (Lipinski definition) is 1. The summed E-state index contributed by atoms with van der Waals surface area (Å²) in [6, 6.07) is 19.3. The van der Waals surface area contributed by atoms with Gasteiger partial charge in [-0.3, -0.25) is 0 Å². The summed E-state index contributed by atoms with van der Waals surface area (Å²) in [6.07, 6.45) is 3.96. The Balaban J connectivity index is 1.80. The van der Waals surface area contributed by atoms with Crippen molar-refractivity contribution in [1.29, 1.82) is 0 Å². The molecule has 1 nitrogen and oxygen atoms in total. The molecule has 0 spiro atoms. The molecule has 1 aliphatic heterocycles. The zero-order valence-corrected chi connectivity index (χ0v) is 10.5. The van der Waals surface area contributed by atoms with Gasteiger partial charge >= 0.3 is 0 Å². The van der Waals surface area contributed by atoms with Crippen LogP contribution in [-0.4, -0.2) is 6.61 Å². The Morgan fingerprint density at radius 1 is 0.778 bits per heavy atom. The van der Waals surface area contributed by atoms with Crippen molar-refractivity contribution in [3.8, 4) is 11.1 Å². The Bertz CT molecular complexity index is 481. The normalized spacial score (nSPS) is 19.7. The van der Waals surface area contributed by atoms with E-state index in [0.29, 0.717) is 6.10 Å². The number of rotatable bonds is 2. The minimum Gasteiger partial charge on any atom is -0.374 e. The van der Waals surface area contributed by atoms with Crippen molar-refractivity contribution in [1.82, 2.24) is 0 Å². The highest BCUT2D eigenvalue weighted by atomic mass is 16.5. The van der Waals surface area contributed by atoms with Crippen LogP contribution in [0.3, 0.4) is 0 Å². The Morgan fingerprint density at radius 3 is 2.17 bits per heavy atom. The SMILES string of the molecule is c1ccc(-c2ccc(C3CCCCO3)cc2)cc1. The van der Waals surface area contributed by atoms with E-state index in [1.54, 1.807) is 0 Å². The Morgan fingerprint density at radius 2 is 1.50 bits per heavy atom. The van der Waals surface area contributed by atoms with Crippen LogP contribution in [0.25, 0.3) is 11.1 Å². The van der Waals surface area contributed by atoms with Gasteiger partial charge in [-0.2, -0.15) is 0 Å². The largest absolute Gasteiger partial charge is 0.374 e. The maximum atomic E-state index is 5.81. The molecule has 0 N–H and O–H groups in total. The van der Waals surface area contributed by atoms with Crippen molar-refractivity contribution >= 4 is 0 Å². The second-order valence-electron chi connectivity index (χ2n) is 4.84. The molecule has 1 atom stereocenters. The van der Waals surface area contributed by atoms with Gasteiger partial charge in [0.05, 0.1) is 6.10 Å². The van der Waals surface area contributed by atoms with Gasteiger partial charge in [-0.05, 0) is 36.0 Å². The predicted molar refractivity (Wildman–Crippen MR) is 74.4 cm³/mol. The molecule has 18 heavy (non-hydrogen) atoms. The lowest BCUT2D eigenvalue weighted by molar-refractivity contribution is 0.0150. The summed E-state index contributed by atoms with van der Waals surface area (Å²) in [5.74, 6) is 0. The average molecular weight is 238 g/mol. The molecule has 0 radical (unpaired) electrons. The van der Waals surface area contributed by atoms with E-state index in [1.165, 1.54) is 29.5 Å². The quantitative estimate of drug-likeness (QED) is 0.743. The first-order valence-electron chi connectivity index (χ1n) is 6.70. The standard InChI is InChI=1S/C17H18O/c1-2-6-14(7-3-1)15-9-11-16(12-10-15)17-8-4-5-13-18-17/h1-3,6-7,9-12,17H,4-5,8,13H2. The maximum absolute atomic E-state index is 5.81. The molecule has 1 heterocycles. The highest BCUT2D eigenvalue weighted by Crippen LogP contribution is 2.29. The van der Waals surface area contributed by atoms with E-state index in [1.807, 2.05) is 6.07 Å². The van der Waals surface area contributed by atoms with Crippen molar-refractivity contribution in [3.05, 3.63) is 60.2 Å². The zero-order valence-electron chi connectivity index (χ0n) is 10.5. The summed E-state index contributed by atoms with van der Waals surface area (Å²) < 4.78 is 5.81. The van der Waals surface area contributed by atoms with Gasteiger partial charge < -0.3 is 4.74 Å². The van der Waals surface area contributed by atoms with Gasteiger partial charge in [-0.25, -0.2) is 0 Å². The van der Waals surface area contributed by atoms with E-state index < -0.39 is 0 Å². The molecule has 2 aromatic carbocycles. The molecule has 1 aliphatic rings. The fraction of sp³-hybridized carbons (Fsp3) is 0.294. The van der Waals surface area contributed by atoms with Gasteiger partial charge in [0.15, 0.2) is 0 Å². The lowest BCUT2D eigenvalue weighted by Gasteiger charge is -2.23. The van der Waals surface area contributed by atoms with Crippen LogP contribution in [0.5, 0.6) is 0 Å². The van der Waals surface area contributed by atoms with Crippen molar-refractivity contribution < 1.29 is 4.74 Å². The fourth-order valence-corrected chi connectivity index (χ4v) is 2.52. The van der Waals surface area contributed by atoms with Crippen LogP contribution in [0.1, 0.15) is 30.9 Å². The van der Waals surface area contributed by atoms with Crippen LogP contribution in [0.2, 0.25) is 0 Å². The molecule has 92 valence electrons. The molecule has 1 unspecified atom stereocenters. The summed E-state index contributed by atoms with van der Waals surface area (Å²) in [4.78, 5) is 0. The highest BCUT2D eigenvalue weighted by Gasteiger charge is 2.15. The minimum atomic E-state index is 0.309. The van der Waals surface area contributed by atoms with Gasteiger partial charge in [0.25, 0.3) is 0 Å². The molecule has 0 bridgehead atoms. The summed E-state index contributed by atoms with van der Waals surface area (Å²) >= 11 is 0. The number of benzene rings is 2. The average Bonchev–Trinajstić information content (AvgIpc) is 2.49. The van der Waals surface area contributed by atoms with E-state index in [9.17, 15) is 0 Å². The van der Waals surface area contributed by atoms with Crippen LogP contribution in [0.15, 0.2) is 54.6 Å². The lowest BCUT2D eigenvalue weighted by Crippen LogP contribution is -2.11. The molecule has 2 aromatic rings. The van der Waals surface area contributed by atoms with Crippen molar-refractivity contribution in [2.45, 2.75) is 25.4 Å². The Labute approximate surface area is 108 Å². The molecular weight excluding hydrogens is 220 g/mol. The third-order valence-corrected chi connectivity index (χ3v) is 3.57. The first-order chi connectivity index (χ1) is 8.93. The number of ether oxygens (including phenoxy) is 1. The third kappa shape index (κ3) is 2.46. The molecule has 0 saturated carbocycles. The van der Waals surface area contributed by atoms with Crippen LogP contribution in [0, 0.1) is 0 Å². The first kappa shape index (κ1) is 11.5. The van der Waals surface area contributed by atoms with Crippen LogP contribution < -0.4 is 0 Å². The molecular formula is C17H18O. The number of hydrogen-bond donors (Lipinski definition) is 0. The smallest absolute Gasteiger partial charge is 0.0824 e. The Kier molecular flexibility index (Phi) is 3.42. The molecule has 0 aliphatic carbocycles. The minimum absolute atomic E-state index is 0.309. The highest BCUT2D eigenvalue weighted by molar-refractivity contribution is 5.63. The van der Waals surface area contributed by atoms with Crippen LogP contribution in [0.4, 0.5) is 0 Å². The fourth-order valence-electron chi connectivity index (χ4n) is 2.52. The van der Waals surface area contributed by atoms with Gasteiger partial charge in [0.1, 0.15) is 0 Å². The summed E-state index contributed by atoms with van der Waals surface area (Å²) in [5, 5.41) is 0. The second kappa shape index (κ2) is 5.36. The van der Waals surface area contributed by atoms with E-state index in [4.69, 9.17) is 4.74 Å². The van der Waals surface area contributed by atoms with E-state index in [0.717, 1.165) is 13.0 Å². The summed E-state index contributed by atoms with van der Waals surface area (Å²) in [7, 11) is 0. The van der Waals surface area contributed by atoms with Gasteiger partial charge in [0, 0.05) is 6.61 Å². The van der Waals surface area contributed by atoms with Crippen LogP contribution >= 0.6 is 0 Å². The molecule has 0 aromatic heterocycles. The molecule has 1 saturated heterocycles. The third-order valence-electron chi connectivity index (χ3n) is 3.57. The maximum Gasteiger partial charge on any atom is 0.0824 e. The van der Waals surface area contributed by atoms with Crippen LogP contribution in [-0.2, 0) is 4.74 Å². The monoisotopic (exact) mass is 238 g/mol. The summed E-state index contributed by atoms with van der Waals surface area (Å²) in [6.45, 7) is 0.908. The molecule has 1 heteroatoms. The van der Waals surface area contributed by atoms with Gasteiger partial charge in [0.2, 0.25) is 0 Å². The van der Waals surface area contributed by atoms with E-state index in [-0.39, 0.29) is 0 Å². The van der Waals surface area contributed by atoms with E-state index in [2.05, 4.69) is 48.5 Å². The Hall–Kier alpha value is -1.60. The second-order valence-corrected chi connectivity index (χ2v) is 4.84.